The highest BCUT2D eigenvalue weighted by Gasteiger charge is 2.06. The predicted molar refractivity (Wildman–Crippen MR) is 69.0 cm³/mol. The fourth-order valence-corrected chi connectivity index (χ4v) is 1.79. The summed E-state index contributed by atoms with van der Waals surface area (Å²) in [6.07, 6.45) is 0. The minimum Gasteiger partial charge on any atom is -0.384 e. The molecule has 0 unspecified atom stereocenters. The molecule has 0 spiro atoms. The van der Waals surface area contributed by atoms with Crippen LogP contribution >= 0.6 is 0 Å². The van der Waals surface area contributed by atoms with E-state index in [9.17, 15) is 4.39 Å². The van der Waals surface area contributed by atoms with Crippen LogP contribution in [0, 0.1) is 31.5 Å². The van der Waals surface area contributed by atoms with E-state index in [1.165, 1.54) is 6.07 Å². The Balaban J connectivity index is 2.28. The summed E-state index contributed by atoms with van der Waals surface area (Å²) in [5, 5.41) is 12.9. The first-order valence-corrected chi connectivity index (χ1v) is 5.86. The maximum Gasteiger partial charge on any atom is 0.147 e. The van der Waals surface area contributed by atoms with Crippen molar-refractivity contribution in [2.45, 2.75) is 20.4 Å². The molecule has 1 heterocycles. The Kier molecular flexibility index (Phi) is 3.93. The summed E-state index contributed by atoms with van der Waals surface area (Å²) in [5.74, 6) is 6.16. The van der Waals surface area contributed by atoms with E-state index in [0.717, 1.165) is 11.4 Å². The van der Waals surface area contributed by atoms with E-state index in [0.29, 0.717) is 12.4 Å². The van der Waals surface area contributed by atoms with Crippen LogP contribution in [0.2, 0.25) is 0 Å². The molecule has 0 amide bonds. The average Bonchev–Trinajstić information content (AvgIpc) is 2.68. The van der Waals surface area contributed by atoms with Crippen molar-refractivity contribution in [1.82, 2.24) is 14.8 Å². The topological polar surface area (TPSA) is 50.9 Å². The van der Waals surface area contributed by atoms with Gasteiger partial charge in [-0.25, -0.2) is 14.1 Å². The van der Waals surface area contributed by atoms with Gasteiger partial charge in [-0.2, -0.15) is 5.10 Å². The molecule has 98 valence electrons. The fraction of sp³-hybridized carbons (Fsp3) is 0.286. The standard InChI is InChI=1S/C14H14FN3O/c1-10-16-11(2)18(17-10)9-12-5-6-14(15)13(8-12)4-3-7-19/h5-6,8,19H,7,9H2,1-2H3. The number of aliphatic hydroxyl groups excluding tert-OH is 1. The van der Waals surface area contributed by atoms with E-state index >= 15 is 0 Å². The molecular weight excluding hydrogens is 245 g/mol. The zero-order valence-corrected chi connectivity index (χ0v) is 10.8. The second-order valence-electron chi connectivity index (χ2n) is 4.14. The number of aryl methyl sites for hydroxylation is 2. The molecule has 1 aromatic heterocycles. The summed E-state index contributed by atoms with van der Waals surface area (Å²) in [6.45, 7) is 3.92. The van der Waals surface area contributed by atoms with Crippen LogP contribution in [-0.2, 0) is 6.54 Å². The molecule has 0 aliphatic carbocycles. The Bertz CT molecular complexity index is 652. The third-order valence-corrected chi connectivity index (χ3v) is 2.63. The molecule has 1 aromatic carbocycles. The van der Waals surface area contributed by atoms with Gasteiger partial charge in [0.05, 0.1) is 12.1 Å². The number of aliphatic hydroxyl groups is 1. The quantitative estimate of drug-likeness (QED) is 0.830. The van der Waals surface area contributed by atoms with Gasteiger partial charge in [-0.05, 0) is 31.5 Å². The van der Waals surface area contributed by atoms with Crippen LogP contribution in [0.5, 0.6) is 0 Å². The maximum absolute atomic E-state index is 13.5. The van der Waals surface area contributed by atoms with Crippen LogP contribution in [0.15, 0.2) is 18.2 Å². The van der Waals surface area contributed by atoms with Gasteiger partial charge in [-0.1, -0.05) is 17.9 Å². The molecule has 0 bridgehead atoms. The number of halogens is 1. The highest BCUT2D eigenvalue weighted by atomic mass is 19.1. The molecule has 0 radical (unpaired) electrons. The van der Waals surface area contributed by atoms with Gasteiger partial charge in [0.1, 0.15) is 24.1 Å². The van der Waals surface area contributed by atoms with Crippen molar-refractivity contribution < 1.29 is 9.50 Å². The van der Waals surface area contributed by atoms with Gasteiger partial charge in [-0.3, -0.25) is 0 Å². The molecule has 2 aromatic rings. The lowest BCUT2D eigenvalue weighted by atomic mass is 10.1. The van der Waals surface area contributed by atoms with E-state index in [1.807, 2.05) is 13.8 Å². The van der Waals surface area contributed by atoms with Gasteiger partial charge in [0.25, 0.3) is 0 Å². The summed E-state index contributed by atoms with van der Waals surface area (Å²) in [5.41, 5.74) is 1.16. The van der Waals surface area contributed by atoms with Crippen molar-refractivity contribution in [3.8, 4) is 11.8 Å². The van der Waals surface area contributed by atoms with Crippen LogP contribution < -0.4 is 0 Å². The lowest BCUT2D eigenvalue weighted by molar-refractivity contribution is 0.350. The Hall–Kier alpha value is -2.19. The van der Waals surface area contributed by atoms with E-state index < -0.39 is 5.82 Å². The SMILES string of the molecule is Cc1nc(C)n(Cc2ccc(F)c(C#CCO)c2)n1. The largest absolute Gasteiger partial charge is 0.384 e. The Labute approximate surface area is 110 Å². The first kappa shape index (κ1) is 13.2. The molecule has 5 heteroatoms. The molecule has 0 atom stereocenters. The van der Waals surface area contributed by atoms with Crippen LogP contribution in [0.25, 0.3) is 0 Å². The lowest BCUT2D eigenvalue weighted by Gasteiger charge is -2.04. The molecule has 19 heavy (non-hydrogen) atoms. The molecule has 4 nitrogen and oxygen atoms in total. The molecular formula is C14H14FN3O. The lowest BCUT2D eigenvalue weighted by Crippen LogP contribution is -2.04. The van der Waals surface area contributed by atoms with Gasteiger partial charge in [-0.15, -0.1) is 0 Å². The van der Waals surface area contributed by atoms with Gasteiger partial charge < -0.3 is 5.11 Å². The summed E-state index contributed by atoms with van der Waals surface area (Å²) in [7, 11) is 0. The molecule has 1 N–H and O–H groups in total. The van der Waals surface area contributed by atoms with Crippen molar-refractivity contribution in [3.05, 3.63) is 46.8 Å². The smallest absolute Gasteiger partial charge is 0.147 e. The first-order valence-electron chi connectivity index (χ1n) is 5.86. The van der Waals surface area contributed by atoms with Crippen molar-refractivity contribution in [1.29, 1.82) is 0 Å². The second-order valence-corrected chi connectivity index (χ2v) is 4.14. The number of aromatic nitrogens is 3. The zero-order chi connectivity index (χ0) is 13.8. The summed E-state index contributed by atoms with van der Waals surface area (Å²) >= 11 is 0. The first-order chi connectivity index (χ1) is 9.10. The van der Waals surface area contributed by atoms with Crippen molar-refractivity contribution in [2.75, 3.05) is 6.61 Å². The number of hydrogen-bond acceptors (Lipinski definition) is 3. The van der Waals surface area contributed by atoms with E-state index in [4.69, 9.17) is 5.11 Å². The third kappa shape index (κ3) is 3.18. The van der Waals surface area contributed by atoms with Gasteiger partial charge in [0, 0.05) is 0 Å². The number of hydrogen-bond donors (Lipinski definition) is 1. The molecule has 0 saturated carbocycles. The highest BCUT2D eigenvalue weighted by molar-refractivity contribution is 5.38. The second kappa shape index (κ2) is 5.63. The molecule has 0 saturated heterocycles. The number of nitrogens with zero attached hydrogens (tertiary/aromatic N) is 3. The van der Waals surface area contributed by atoms with Crippen LogP contribution in [0.1, 0.15) is 22.8 Å². The predicted octanol–water partition coefficient (Wildman–Crippen LogP) is 1.43. The average molecular weight is 259 g/mol. The normalized spacial score (nSPS) is 10.1. The van der Waals surface area contributed by atoms with E-state index in [-0.39, 0.29) is 12.2 Å². The van der Waals surface area contributed by atoms with Crippen molar-refractivity contribution >= 4 is 0 Å². The highest BCUT2D eigenvalue weighted by Crippen LogP contribution is 2.11. The summed E-state index contributed by atoms with van der Waals surface area (Å²) < 4.78 is 15.3. The zero-order valence-electron chi connectivity index (χ0n) is 10.8. The molecule has 0 aliphatic heterocycles. The Morgan fingerprint density at radius 1 is 1.37 bits per heavy atom. The van der Waals surface area contributed by atoms with Gasteiger partial charge in [0.2, 0.25) is 0 Å². The Morgan fingerprint density at radius 3 is 2.79 bits per heavy atom. The van der Waals surface area contributed by atoms with Gasteiger partial charge >= 0.3 is 0 Å². The number of benzene rings is 1. The molecule has 2 rings (SSSR count). The molecule has 0 fully saturated rings. The van der Waals surface area contributed by atoms with E-state index in [1.54, 1.807) is 16.8 Å². The minimum absolute atomic E-state index is 0.279. The summed E-state index contributed by atoms with van der Waals surface area (Å²) in [4.78, 5) is 4.21. The van der Waals surface area contributed by atoms with Crippen LogP contribution in [-0.4, -0.2) is 26.5 Å². The minimum atomic E-state index is -0.392. The monoisotopic (exact) mass is 259 g/mol. The van der Waals surface area contributed by atoms with Crippen molar-refractivity contribution in [2.24, 2.45) is 0 Å². The van der Waals surface area contributed by atoms with Crippen LogP contribution in [0.3, 0.4) is 0 Å². The summed E-state index contributed by atoms with van der Waals surface area (Å²) in [6, 6.07) is 4.72. The van der Waals surface area contributed by atoms with Crippen LogP contribution in [0.4, 0.5) is 4.39 Å². The van der Waals surface area contributed by atoms with Gasteiger partial charge in [0.15, 0.2) is 0 Å². The Morgan fingerprint density at radius 2 is 2.16 bits per heavy atom. The van der Waals surface area contributed by atoms with Crippen molar-refractivity contribution in [3.63, 3.8) is 0 Å². The third-order valence-electron chi connectivity index (χ3n) is 2.63. The molecule has 0 aliphatic rings. The maximum atomic E-state index is 13.5. The van der Waals surface area contributed by atoms with E-state index in [2.05, 4.69) is 21.9 Å². The fourth-order valence-electron chi connectivity index (χ4n) is 1.79. The number of rotatable bonds is 2.